The van der Waals surface area contributed by atoms with Crippen LogP contribution < -0.4 is 13.8 Å². The van der Waals surface area contributed by atoms with E-state index in [1.165, 1.54) is 11.4 Å². The van der Waals surface area contributed by atoms with Gasteiger partial charge in [-0.05, 0) is 50.2 Å². The molecule has 0 saturated carbocycles. The Morgan fingerprint density at radius 3 is 2.13 bits per heavy atom. The van der Waals surface area contributed by atoms with Crippen molar-refractivity contribution in [3.05, 3.63) is 48.5 Å². The van der Waals surface area contributed by atoms with Crippen LogP contribution in [0.2, 0.25) is 0 Å². The average molecular weight is 335 g/mol. The lowest BCUT2D eigenvalue weighted by Gasteiger charge is -2.22. The van der Waals surface area contributed by atoms with Gasteiger partial charge in [0.2, 0.25) is 0 Å². The third kappa shape index (κ3) is 3.76. The molecule has 0 N–H and O–H groups in total. The highest BCUT2D eigenvalue weighted by Gasteiger charge is 2.23. The topological polar surface area (TPSA) is 55.8 Å². The molecule has 0 radical (unpaired) electrons. The third-order valence-corrected chi connectivity index (χ3v) is 5.08. The van der Waals surface area contributed by atoms with Crippen molar-refractivity contribution in [1.82, 2.24) is 0 Å². The van der Waals surface area contributed by atoms with Crippen LogP contribution >= 0.6 is 0 Å². The summed E-state index contributed by atoms with van der Waals surface area (Å²) < 4.78 is 37.7. The van der Waals surface area contributed by atoms with Crippen molar-refractivity contribution in [3.63, 3.8) is 0 Å². The third-order valence-electron chi connectivity index (χ3n) is 3.30. The SMILES string of the molecule is CCOc1ccc(S(=O)(=O)N(C)c2ccccc2OCC)cc1. The van der Waals surface area contributed by atoms with Crippen molar-refractivity contribution in [2.75, 3.05) is 24.6 Å². The maximum Gasteiger partial charge on any atom is 0.264 e. The highest BCUT2D eigenvalue weighted by Crippen LogP contribution is 2.31. The Kier molecular flexibility index (Phi) is 5.50. The highest BCUT2D eigenvalue weighted by atomic mass is 32.2. The number of anilines is 1. The Labute approximate surface area is 137 Å². The summed E-state index contributed by atoms with van der Waals surface area (Å²) in [6.45, 7) is 4.74. The van der Waals surface area contributed by atoms with E-state index >= 15 is 0 Å². The van der Waals surface area contributed by atoms with Crippen LogP contribution in [0.5, 0.6) is 11.5 Å². The summed E-state index contributed by atoms with van der Waals surface area (Å²) in [4.78, 5) is 0.203. The maximum absolute atomic E-state index is 12.8. The zero-order chi connectivity index (χ0) is 16.9. The summed E-state index contributed by atoms with van der Waals surface area (Å²) in [5.74, 6) is 1.18. The number of ether oxygens (including phenoxy) is 2. The molecule has 0 aliphatic heterocycles. The molecule has 2 aromatic rings. The molecule has 0 unspecified atom stereocenters. The van der Waals surface area contributed by atoms with Gasteiger partial charge in [0.15, 0.2) is 0 Å². The standard InChI is InChI=1S/C17H21NO4S/c1-4-21-14-10-12-15(13-11-14)23(19,20)18(3)16-8-6-7-9-17(16)22-5-2/h6-13H,4-5H2,1-3H3. The van der Waals surface area contributed by atoms with E-state index in [9.17, 15) is 8.42 Å². The second-order valence-electron chi connectivity index (χ2n) is 4.78. The number of para-hydroxylation sites is 2. The van der Waals surface area contributed by atoms with Crippen LogP contribution in [0.3, 0.4) is 0 Å². The monoisotopic (exact) mass is 335 g/mol. The molecule has 5 nitrogen and oxygen atoms in total. The molecule has 0 atom stereocenters. The van der Waals surface area contributed by atoms with Crippen molar-refractivity contribution in [3.8, 4) is 11.5 Å². The predicted molar refractivity (Wildman–Crippen MR) is 90.8 cm³/mol. The van der Waals surface area contributed by atoms with Gasteiger partial charge in [-0.1, -0.05) is 12.1 Å². The zero-order valence-corrected chi connectivity index (χ0v) is 14.3. The first-order valence-electron chi connectivity index (χ1n) is 7.44. The van der Waals surface area contributed by atoms with Gasteiger partial charge in [0.25, 0.3) is 10.0 Å². The first-order chi connectivity index (χ1) is 11.0. The summed E-state index contributed by atoms with van der Waals surface area (Å²) in [5.41, 5.74) is 0.503. The lowest BCUT2D eigenvalue weighted by Crippen LogP contribution is -2.27. The number of sulfonamides is 1. The number of nitrogens with zero attached hydrogens (tertiary/aromatic N) is 1. The quantitative estimate of drug-likeness (QED) is 0.779. The number of rotatable bonds is 7. The number of hydrogen-bond donors (Lipinski definition) is 0. The molecule has 6 heteroatoms. The van der Waals surface area contributed by atoms with E-state index in [0.717, 1.165) is 0 Å². The molecule has 0 aliphatic rings. The molecule has 0 bridgehead atoms. The molecule has 0 aliphatic carbocycles. The first kappa shape index (κ1) is 17.1. The minimum absolute atomic E-state index is 0.203. The van der Waals surface area contributed by atoms with Crippen molar-refractivity contribution in [2.45, 2.75) is 18.7 Å². The molecule has 0 saturated heterocycles. The zero-order valence-electron chi connectivity index (χ0n) is 13.5. The molecule has 0 spiro atoms. The van der Waals surface area contributed by atoms with Crippen molar-refractivity contribution < 1.29 is 17.9 Å². The maximum atomic E-state index is 12.8. The second kappa shape index (κ2) is 7.37. The van der Waals surface area contributed by atoms with Crippen molar-refractivity contribution in [1.29, 1.82) is 0 Å². The lowest BCUT2D eigenvalue weighted by molar-refractivity contribution is 0.340. The molecule has 0 heterocycles. The molecule has 0 fully saturated rings. The normalized spacial score (nSPS) is 11.1. The minimum Gasteiger partial charge on any atom is -0.494 e. The number of hydrogen-bond acceptors (Lipinski definition) is 4. The summed E-state index contributed by atoms with van der Waals surface area (Å²) in [6, 6.07) is 13.5. The van der Waals surface area contributed by atoms with Gasteiger partial charge in [0, 0.05) is 7.05 Å². The van der Waals surface area contributed by atoms with E-state index in [1.54, 1.807) is 42.5 Å². The van der Waals surface area contributed by atoms with E-state index in [-0.39, 0.29) is 4.90 Å². The summed E-state index contributed by atoms with van der Waals surface area (Å²) in [6.07, 6.45) is 0. The minimum atomic E-state index is -3.67. The Morgan fingerprint density at radius 2 is 1.52 bits per heavy atom. The molecule has 0 aromatic heterocycles. The van der Waals surface area contributed by atoms with Crippen LogP contribution in [-0.4, -0.2) is 28.7 Å². The Hall–Kier alpha value is -2.21. The molecular weight excluding hydrogens is 314 g/mol. The average Bonchev–Trinajstić information content (AvgIpc) is 2.56. The Balaban J connectivity index is 2.35. The summed E-state index contributed by atoms with van der Waals surface area (Å²) in [7, 11) is -2.15. The van der Waals surface area contributed by atoms with Gasteiger partial charge < -0.3 is 9.47 Å². The van der Waals surface area contributed by atoms with Gasteiger partial charge in [-0.25, -0.2) is 8.42 Å². The summed E-state index contributed by atoms with van der Waals surface area (Å²) >= 11 is 0. The van der Waals surface area contributed by atoms with E-state index in [0.29, 0.717) is 30.4 Å². The van der Waals surface area contributed by atoms with E-state index in [2.05, 4.69) is 0 Å². The molecule has 124 valence electrons. The van der Waals surface area contributed by atoms with Gasteiger partial charge in [-0.2, -0.15) is 0 Å². The lowest BCUT2D eigenvalue weighted by atomic mass is 10.3. The fraction of sp³-hybridized carbons (Fsp3) is 0.294. The molecule has 23 heavy (non-hydrogen) atoms. The van der Waals surface area contributed by atoms with Crippen LogP contribution in [0.25, 0.3) is 0 Å². The highest BCUT2D eigenvalue weighted by molar-refractivity contribution is 7.92. The van der Waals surface area contributed by atoms with Gasteiger partial charge in [-0.15, -0.1) is 0 Å². The van der Waals surface area contributed by atoms with Crippen LogP contribution in [0.4, 0.5) is 5.69 Å². The summed E-state index contributed by atoms with van der Waals surface area (Å²) in [5, 5.41) is 0. The van der Waals surface area contributed by atoms with Gasteiger partial charge in [0.05, 0.1) is 23.8 Å². The Morgan fingerprint density at radius 1 is 0.913 bits per heavy atom. The number of benzene rings is 2. The van der Waals surface area contributed by atoms with Crippen LogP contribution in [0, 0.1) is 0 Å². The molecule has 2 rings (SSSR count). The molecular formula is C17H21NO4S. The largest absolute Gasteiger partial charge is 0.494 e. The second-order valence-corrected chi connectivity index (χ2v) is 6.75. The smallest absolute Gasteiger partial charge is 0.264 e. The predicted octanol–water partition coefficient (Wildman–Crippen LogP) is 3.31. The van der Waals surface area contributed by atoms with Gasteiger partial charge in [0.1, 0.15) is 11.5 Å². The van der Waals surface area contributed by atoms with E-state index in [4.69, 9.17) is 9.47 Å². The van der Waals surface area contributed by atoms with Crippen molar-refractivity contribution in [2.24, 2.45) is 0 Å². The fourth-order valence-electron chi connectivity index (χ4n) is 2.16. The van der Waals surface area contributed by atoms with Crippen LogP contribution in [0.1, 0.15) is 13.8 Å². The van der Waals surface area contributed by atoms with Crippen LogP contribution in [-0.2, 0) is 10.0 Å². The fourth-order valence-corrected chi connectivity index (χ4v) is 3.36. The van der Waals surface area contributed by atoms with Gasteiger partial charge >= 0.3 is 0 Å². The molecule has 2 aromatic carbocycles. The first-order valence-corrected chi connectivity index (χ1v) is 8.88. The van der Waals surface area contributed by atoms with Gasteiger partial charge in [-0.3, -0.25) is 4.31 Å². The molecule has 0 amide bonds. The van der Waals surface area contributed by atoms with Crippen LogP contribution in [0.15, 0.2) is 53.4 Å². The van der Waals surface area contributed by atoms with E-state index < -0.39 is 10.0 Å². The Bertz CT molecular complexity index is 741. The van der Waals surface area contributed by atoms with E-state index in [1.807, 2.05) is 19.9 Å². The van der Waals surface area contributed by atoms with Crippen molar-refractivity contribution >= 4 is 15.7 Å².